The van der Waals surface area contributed by atoms with E-state index in [1.54, 1.807) is 18.2 Å². The molecule has 1 rings (SSSR count). The third-order valence-electron chi connectivity index (χ3n) is 3.33. The molecule has 0 aliphatic rings. The van der Waals surface area contributed by atoms with Crippen molar-refractivity contribution in [3.8, 4) is 5.75 Å². The first-order chi connectivity index (χ1) is 8.49. The lowest BCUT2D eigenvalue weighted by atomic mass is 10.0. The van der Waals surface area contributed by atoms with E-state index >= 15 is 0 Å². The molecule has 2 unspecified atom stereocenters. The van der Waals surface area contributed by atoms with Crippen molar-refractivity contribution in [3.63, 3.8) is 0 Å². The molecule has 18 heavy (non-hydrogen) atoms. The molecule has 0 saturated heterocycles. The van der Waals surface area contributed by atoms with Crippen LogP contribution in [-0.4, -0.2) is 19.1 Å². The van der Waals surface area contributed by atoms with Crippen molar-refractivity contribution in [1.29, 1.82) is 0 Å². The summed E-state index contributed by atoms with van der Waals surface area (Å²) in [7, 11) is 1.53. The van der Waals surface area contributed by atoms with Gasteiger partial charge in [0.1, 0.15) is 5.75 Å². The van der Waals surface area contributed by atoms with Crippen molar-refractivity contribution >= 4 is 11.6 Å². The fraction of sp³-hybridized carbons (Fsp3) is 0.500. The highest BCUT2D eigenvalue weighted by atomic mass is 16.5. The highest BCUT2D eigenvalue weighted by molar-refractivity contribution is 5.97. The Kier molecular flexibility index (Phi) is 5.01. The van der Waals surface area contributed by atoms with Crippen molar-refractivity contribution in [2.75, 3.05) is 12.8 Å². The molecule has 1 aromatic carbocycles. The number of hydrogen-bond donors (Lipinski definition) is 2. The molecular weight excluding hydrogens is 228 g/mol. The van der Waals surface area contributed by atoms with Crippen LogP contribution in [0.25, 0.3) is 0 Å². The zero-order valence-corrected chi connectivity index (χ0v) is 11.5. The van der Waals surface area contributed by atoms with Gasteiger partial charge in [0.05, 0.1) is 12.7 Å². The average molecular weight is 250 g/mol. The van der Waals surface area contributed by atoms with Crippen molar-refractivity contribution in [1.82, 2.24) is 5.32 Å². The van der Waals surface area contributed by atoms with Gasteiger partial charge in [-0.1, -0.05) is 20.3 Å². The van der Waals surface area contributed by atoms with E-state index in [2.05, 4.69) is 19.2 Å². The first kappa shape index (κ1) is 14.4. The number of ether oxygens (including phenoxy) is 1. The number of benzene rings is 1. The maximum Gasteiger partial charge on any atom is 0.255 e. The van der Waals surface area contributed by atoms with Gasteiger partial charge in [-0.15, -0.1) is 0 Å². The SMILES string of the molecule is CCC(C)C(C)NC(=O)c1ccc(N)cc1OC. The summed E-state index contributed by atoms with van der Waals surface area (Å²) in [6, 6.07) is 5.17. The van der Waals surface area contributed by atoms with Crippen molar-refractivity contribution in [3.05, 3.63) is 23.8 Å². The van der Waals surface area contributed by atoms with E-state index in [9.17, 15) is 4.79 Å². The molecular formula is C14H22N2O2. The van der Waals surface area contributed by atoms with Gasteiger partial charge in [-0.05, 0) is 25.0 Å². The number of anilines is 1. The number of nitrogens with two attached hydrogens (primary N) is 1. The monoisotopic (exact) mass is 250 g/mol. The van der Waals surface area contributed by atoms with E-state index in [0.29, 0.717) is 22.9 Å². The van der Waals surface area contributed by atoms with Gasteiger partial charge in [0.15, 0.2) is 0 Å². The molecule has 1 aromatic rings. The van der Waals surface area contributed by atoms with E-state index in [0.717, 1.165) is 6.42 Å². The fourth-order valence-corrected chi connectivity index (χ4v) is 1.68. The molecule has 0 radical (unpaired) electrons. The molecule has 0 spiro atoms. The van der Waals surface area contributed by atoms with Gasteiger partial charge in [0.2, 0.25) is 0 Å². The number of nitrogens with one attached hydrogen (secondary N) is 1. The minimum absolute atomic E-state index is 0.125. The highest BCUT2D eigenvalue weighted by Crippen LogP contribution is 2.21. The third-order valence-corrected chi connectivity index (χ3v) is 3.33. The van der Waals surface area contributed by atoms with Gasteiger partial charge in [0.25, 0.3) is 5.91 Å². The summed E-state index contributed by atoms with van der Waals surface area (Å²) in [6.07, 6.45) is 1.03. The van der Waals surface area contributed by atoms with Crippen LogP contribution in [0.15, 0.2) is 18.2 Å². The Hall–Kier alpha value is -1.71. The van der Waals surface area contributed by atoms with Gasteiger partial charge < -0.3 is 15.8 Å². The summed E-state index contributed by atoms with van der Waals surface area (Å²) in [4.78, 5) is 12.1. The number of carbonyl (C=O) groups is 1. The largest absolute Gasteiger partial charge is 0.496 e. The number of hydrogen-bond acceptors (Lipinski definition) is 3. The van der Waals surface area contributed by atoms with Crippen molar-refractivity contribution in [2.24, 2.45) is 5.92 Å². The van der Waals surface area contributed by atoms with Gasteiger partial charge in [-0.2, -0.15) is 0 Å². The predicted molar refractivity (Wildman–Crippen MR) is 73.8 cm³/mol. The van der Waals surface area contributed by atoms with Gasteiger partial charge >= 0.3 is 0 Å². The summed E-state index contributed by atoms with van der Waals surface area (Å²) in [6.45, 7) is 6.23. The molecule has 100 valence electrons. The summed E-state index contributed by atoms with van der Waals surface area (Å²) in [5.74, 6) is 0.817. The summed E-state index contributed by atoms with van der Waals surface area (Å²) in [5, 5.41) is 2.98. The fourth-order valence-electron chi connectivity index (χ4n) is 1.68. The Balaban J connectivity index is 2.84. The molecule has 4 nitrogen and oxygen atoms in total. The number of amides is 1. The van der Waals surface area contributed by atoms with Crippen LogP contribution in [0.2, 0.25) is 0 Å². The van der Waals surface area contributed by atoms with Crippen molar-refractivity contribution in [2.45, 2.75) is 33.2 Å². The van der Waals surface area contributed by atoms with Crippen molar-refractivity contribution < 1.29 is 9.53 Å². The molecule has 1 amide bonds. The average Bonchev–Trinajstić information content (AvgIpc) is 2.37. The molecule has 0 aromatic heterocycles. The molecule has 0 fully saturated rings. The van der Waals surface area contributed by atoms with E-state index in [1.807, 2.05) is 6.92 Å². The summed E-state index contributed by atoms with van der Waals surface area (Å²) >= 11 is 0. The first-order valence-corrected chi connectivity index (χ1v) is 6.24. The van der Waals surface area contributed by atoms with Crippen LogP contribution in [-0.2, 0) is 0 Å². The smallest absolute Gasteiger partial charge is 0.255 e. The van der Waals surface area contributed by atoms with Crippen LogP contribution in [0, 0.1) is 5.92 Å². The quantitative estimate of drug-likeness (QED) is 0.789. The van der Waals surface area contributed by atoms with E-state index in [1.165, 1.54) is 7.11 Å². The maximum absolute atomic E-state index is 12.1. The standard InChI is InChI=1S/C14H22N2O2/c1-5-9(2)10(3)16-14(17)12-7-6-11(15)8-13(12)18-4/h6-10H,5,15H2,1-4H3,(H,16,17). The summed E-state index contributed by atoms with van der Waals surface area (Å²) < 4.78 is 5.17. The minimum Gasteiger partial charge on any atom is -0.496 e. The van der Waals surface area contributed by atoms with Gasteiger partial charge in [-0.25, -0.2) is 0 Å². The second kappa shape index (κ2) is 6.28. The zero-order valence-electron chi connectivity index (χ0n) is 11.5. The van der Waals surface area contributed by atoms with Crippen LogP contribution in [0.3, 0.4) is 0 Å². The minimum atomic E-state index is -0.125. The number of methoxy groups -OCH3 is 1. The Morgan fingerprint density at radius 2 is 2.11 bits per heavy atom. The number of nitrogen functional groups attached to an aromatic ring is 1. The normalized spacial score (nSPS) is 13.8. The zero-order chi connectivity index (χ0) is 13.7. The number of carbonyl (C=O) groups excluding carboxylic acids is 1. The van der Waals surface area contributed by atoms with Gasteiger partial charge in [0, 0.05) is 17.8 Å². The van der Waals surface area contributed by atoms with Crippen LogP contribution in [0.5, 0.6) is 5.75 Å². The second-order valence-corrected chi connectivity index (χ2v) is 4.61. The van der Waals surface area contributed by atoms with Gasteiger partial charge in [-0.3, -0.25) is 4.79 Å². The predicted octanol–water partition coefficient (Wildman–Crippen LogP) is 2.44. The first-order valence-electron chi connectivity index (χ1n) is 6.24. The highest BCUT2D eigenvalue weighted by Gasteiger charge is 2.17. The molecule has 4 heteroatoms. The Bertz CT molecular complexity index is 418. The molecule has 0 heterocycles. The topological polar surface area (TPSA) is 64.4 Å². The molecule has 0 bridgehead atoms. The van der Waals surface area contributed by atoms with Crippen LogP contribution < -0.4 is 15.8 Å². The van der Waals surface area contributed by atoms with E-state index in [-0.39, 0.29) is 11.9 Å². The van der Waals surface area contributed by atoms with E-state index in [4.69, 9.17) is 10.5 Å². The lowest BCUT2D eigenvalue weighted by Gasteiger charge is -2.20. The molecule has 0 saturated carbocycles. The molecule has 3 N–H and O–H groups in total. The van der Waals surface area contributed by atoms with Crippen LogP contribution in [0.1, 0.15) is 37.6 Å². The molecule has 0 aliphatic carbocycles. The Morgan fingerprint density at radius 1 is 1.44 bits per heavy atom. The lowest BCUT2D eigenvalue weighted by molar-refractivity contribution is 0.0925. The Labute approximate surface area is 109 Å². The van der Waals surface area contributed by atoms with Crippen LogP contribution >= 0.6 is 0 Å². The van der Waals surface area contributed by atoms with Crippen LogP contribution in [0.4, 0.5) is 5.69 Å². The second-order valence-electron chi connectivity index (χ2n) is 4.61. The van der Waals surface area contributed by atoms with E-state index < -0.39 is 0 Å². The molecule has 0 aliphatic heterocycles. The Morgan fingerprint density at radius 3 is 2.67 bits per heavy atom. The third kappa shape index (κ3) is 3.39. The maximum atomic E-state index is 12.1. The lowest BCUT2D eigenvalue weighted by Crippen LogP contribution is -2.37. The number of rotatable bonds is 5. The molecule has 2 atom stereocenters. The summed E-state index contributed by atoms with van der Waals surface area (Å²) in [5.41, 5.74) is 6.76.